The first-order chi connectivity index (χ1) is 10.3. The van der Waals surface area contributed by atoms with Gasteiger partial charge in [0.05, 0.1) is 17.8 Å². The summed E-state index contributed by atoms with van der Waals surface area (Å²) in [5.74, 6) is 0.254. The standard InChI is InChI=1S/C14H16F3N3OS/c1-9(21-3)13-19-11(8-22-13)7-20(2)12-6-10(4-5-18-12)14(15,16)17/h4-6,8-9H,7H2,1-3H3. The van der Waals surface area contributed by atoms with E-state index in [9.17, 15) is 13.2 Å². The molecule has 120 valence electrons. The third-order valence-electron chi connectivity index (χ3n) is 3.13. The molecule has 1 unspecified atom stereocenters. The van der Waals surface area contributed by atoms with Crippen molar-refractivity contribution in [1.82, 2.24) is 9.97 Å². The fourth-order valence-corrected chi connectivity index (χ4v) is 2.65. The van der Waals surface area contributed by atoms with Gasteiger partial charge in [-0.3, -0.25) is 0 Å². The Morgan fingerprint density at radius 2 is 2.14 bits per heavy atom. The van der Waals surface area contributed by atoms with E-state index >= 15 is 0 Å². The second kappa shape index (κ2) is 6.62. The summed E-state index contributed by atoms with van der Waals surface area (Å²) >= 11 is 1.46. The molecule has 0 spiro atoms. The average molecular weight is 331 g/mol. The van der Waals surface area contributed by atoms with Gasteiger partial charge in [0.25, 0.3) is 0 Å². The molecule has 2 rings (SSSR count). The van der Waals surface area contributed by atoms with E-state index < -0.39 is 11.7 Å². The van der Waals surface area contributed by atoms with Crippen LogP contribution in [0.2, 0.25) is 0 Å². The molecule has 8 heteroatoms. The summed E-state index contributed by atoms with van der Waals surface area (Å²) < 4.78 is 43.3. The van der Waals surface area contributed by atoms with E-state index in [0.717, 1.165) is 29.0 Å². The monoisotopic (exact) mass is 331 g/mol. The molecule has 0 aliphatic rings. The molecule has 0 aromatic carbocycles. The fraction of sp³-hybridized carbons (Fsp3) is 0.429. The summed E-state index contributed by atoms with van der Waals surface area (Å²) in [5.41, 5.74) is 0.0573. The molecule has 0 N–H and O–H groups in total. The highest BCUT2D eigenvalue weighted by Gasteiger charge is 2.31. The Bertz CT molecular complexity index is 630. The molecule has 0 fully saturated rings. The summed E-state index contributed by atoms with van der Waals surface area (Å²) in [6, 6.07) is 1.99. The molecular weight excluding hydrogens is 315 g/mol. The molecule has 1 atom stereocenters. The largest absolute Gasteiger partial charge is 0.416 e. The Labute approximate surface area is 130 Å². The summed E-state index contributed by atoms with van der Waals surface area (Å²) in [7, 11) is 3.28. The van der Waals surface area contributed by atoms with Crippen LogP contribution in [-0.2, 0) is 17.5 Å². The number of halogens is 3. The van der Waals surface area contributed by atoms with Crippen molar-refractivity contribution >= 4 is 17.2 Å². The first-order valence-corrected chi connectivity index (χ1v) is 7.40. The molecule has 22 heavy (non-hydrogen) atoms. The van der Waals surface area contributed by atoms with Crippen LogP contribution in [0.3, 0.4) is 0 Å². The van der Waals surface area contributed by atoms with Gasteiger partial charge in [-0.05, 0) is 19.1 Å². The maximum absolute atomic E-state index is 12.7. The van der Waals surface area contributed by atoms with Gasteiger partial charge in [-0.25, -0.2) is 9.97 Å². The lowest BCUT2D eigenvalue weighted by Gasteiger charge is -2.18. The van der Waals surface area contributed by atoms with E-state index in [1.807, 2.05) is 12.3 Å². The third kappa shape index (κ3) is 3.95. The minimum absolute atomic E-state index is 0.101. The number of hydrogen-bond donors (Lipinski definition) is 0. The third-order valence-corrected chi connectivity index (χ3v) is 4.19. The van der Waals surface area contributed by atoms with E-state index in [0.29, 0.717) is 6.54 Å². The Morgan fingerprint density at radius 1 is 1.41 bits per heavy atom. The average Bonchev–Trinajstić information content (AvgIpc) is 2.94. The quantitative estimate of drug-likeness (QED) is 0.833. The minimum atomic E-state index is -4.37. The minimum Gasteiger partial charge on any atom is -0.375 e. The van der Waals surface area contributed by atoms with Crippen molar-refractivity contribution in [3.63, 3.8) is 0 Å². The molecular formula is C14H16F3N3OS. The van der Waals surface area contributed by atoms with E-state index in [1.165, 1.54) is 11.3 Å². The number of nitrogens with zero attached hydrogens (tertiary/aromatic N) is 3. The highest BCUT2D eigenvalue weighted by atomic mass is 32.1. The number of rotatable bonds is 5. The first-order valence-electron chi connectivity index (χ1n) is 6.52. The maximum atomic E-state index is 12.7. The Morgan fingerprint density at radius 3 is 2.77 bits per heavy atom. The number of hydrogen-bond acceptors (Lipinski definition) is 5. The zero-order chi connectivity index (χ0) is 16.3. The molecule has 0 aliphatic carbocycles. The lowest BCUT2D eigenvalue weighted by atomic mass is 10.2. The van der Waals surface area contributed by atoms with Crippen molar-refractivity contribution in [1.29, 1.82) is 0 Å². The van der Waals surface area contributed by atoms with Gasteiger partial charge in [0.1, 0.15) is 16.9 Å². The highest BCUT2D eigenvalue weighted by Crippen LogP contribution is 2.30. The second-order valence-corrected chi connectivity index (χ2v) is 5.70. The number of pyridine rings is 1. The van der Waals surface area contributed by atoms with Crippen LogP contribution >= 0.6 is 11.3 Å². The van der Waals surface area contributed by atoms with Gasteiger partial charge in [-0.1, -0.05) is 0 Å². The lowest BCUT2D eigenvalue weighted by molar-refractivity contribution is -0.137. The SMILES string of the molecule is COC(C)c1nc(CN(C)c2cc(C(F)(F)F)ccn2)cs1. The normalized spacial score (nSPS) is 13.2. The smallest absolute Gasteiger partial charge is 0.375 e. The number of anilines is 1. The van der Waals surface area contributed by atoms with Crippen LogP contribution in [0, 0.1) is 0 Å². The molecule has 0 radical (unpaired) electrons. The van der Waals surface area contributed by atoms with Gasteiger partial charge < -0.3 is 9.64 Å². The number of alkyl halides is 3. The summed E-state index contributed by atoms with van der Waals surface area (Å²) in [6.07, 6.45) is -3.32. The van der Waals surface area contributed by atoms with Crippen LogP contribution in [0.1, 0.15) is 29.3 Å². The van der Waals surface area contributed by atoms with E-state index in [4.69, 9.17) is 4.74 Å². The molecule has 0 saturated heterocycles. The van der Waals surface area contributed by atoms with Crippen molar-refractivity contribution in [2.45, 2.75) is 25.7 Å². The summed E-state index contributed by atoms with van der Waals surface area (Å²) in [6.45, 7) is 2.27. The van der Waals surface area contributed by atoms with Crippen LogP contribution < -0.4 is 4.90 Å². The van der Waals surface area contributed by atoms with E-state index in [2.05, 4.69) is 9.97 Å². The van der Waals surface area contributed by atoms with Crippen molar-refractivity contribution in [2.24, 2.45) is 0 Å². The lowest BCUT2D eigenvalue weighted by Crippen LogP contribution is -2.19. The summed E-state index contributed by atoms with van der Waals surface area (Å²) in [5, 5.41) is 2.71. The summed E-state index contributed by atoms with van der Waals surface area (Å²) in [4.78, 5) is 10.0. The molecule has 4 nitrogen and oxygen atoms in total. The van der Waals surface area contributed by atoms with Crippen LogP contribution in [0.4, 0.5) is 19.0 Å². The zero-order valence-corrected chi connectivity index (χ0v) is 13.2. The molecule has 2 aromatic rings. The maximum Gasteiger partial charge on any atom is 0.416 e. The Kier molecular flexibility index (Phi) is 5.02. The number of methoxy groups -OCH3 is 1. The molecule has 2 aromatic heterocycles. The topological polar surface area (TPSA) is 38.2 Å². The van der Waals surface area contributed by atoms with Crippen molar-refractivity contribution in [3.8, 4) is 0 Å². The molecule has 2 heterocycles. The van der Waals surface area contributed by atoms with Gasteiger partial charge in [0.2, 0.25) is 0 Å². The molecule has 0 bridgehead atoms. The van der Waals surface area contributed by atoms with E-state index in [1.54, 1.807) is 19.1 Å². The van der Waals surface area contributed by atoms with Gasteiger partial charge >= 0.3 is 6.18 Å². The van der Waals surface area contributed by atoms with Gasteiger partial charge in [-0.2, -0.15) is 13.2 Å². The van der Waals surface area contributed by atoms with Crippen molar-refractivity contribution in [2.75, 3.05) is 19.1 Å². The fourth-order valence-electron chi connectivity index (χ4n) is 1.81. The highest BCUT2D eigenvalue weighted by molar-refractivity contribution is 7.09. The van der Waals surface area contributed by atoms with Gasteiger partial charge in [-0.15, -0.1) is 11.3 Å². The number of ether oxygens (including phenoxy) is 1. The molecule has 0 amide bonds. The van der Waals surface area contributed by atoms with Crippen LogP contribution in [-0.4, -0.2) is 24.1 Å². The number of thiazole rings is 1. The van der Waals surface area contributed by atoms with Gasteiger partial charge in [0, 0.05) is 25.7 Å². The first kappa shape index (κ1) is 16.7. The second-order valence-electron chi connectivity index (χ2n) is 4.81. The molecule has 0 aliphatic heterocycles. The van der Waals surface area contributed by atoms with Crippen molar-refractivity contribution < 1.29 is 17.9 Å². The number of aromatic nitrogens is 2. The predicted octanol–water partition coefficient (Wildman–Crippen LogP) is 3.90. The zero-order valence-electron chi connectivity index (χ0n) is 12.4. The Balaban J connectivity index is 2.12. The van der Waals surface area contributed by atoms with E-state index in [-0.39, 0.29) is 11.9 Å². The van der Waals surface area contributed by atoms with Gasteiger partial charge in [0.15, 0.2) is 0 Å². The van der Waals surface area contributed by atoms with Crippen LogP contribution in [0.25, 0.3) is 0 Å². The molecule has 0 saturated carbocycles. The predicted molar refractivity (Wildman–Crippen MR) is 78.9 cm³/mol. The van der Waals surface area contributed by atoms with Crippen LogP contribution in [0.15, 0.2) is 23.7 Å². The van der Waals surface area contributed by atoms with Crippen LogP contribution in [0.5, 0.6) is 0 Å². The Hall–Kier alpha value is -1.67. The van der Waals surface area contributed by atoms with Crippen molar-refractivity contribution in [3.05, 3.63) is 40.0 Å².